The average Bonchev–Trinajstić information content (AvgIpc) is 2.67. The number of benzene rings is 1. The quantitative estimate of drug-likeness (QED) is 0.845. The number of likely N-dealkylation sites (N-methyl/N-ethyl adjacent to an activating group) is 2. The highest BCUT2D eigenvalue weighted by Crippen LogP contribution is 2.23. The molecule has 6 nitrogen and oxygen atoms in total. The van der Waals surface area contributed by atoms with Gasteiger partial charge in [-0.2, -0.15) is 10.2 Å². The van der Waals surface area contributed by atoms with Crippen LogP contribution in [0.5, 0.6) is 0 Å². The van der Waals surface area contributed by atoms with Gasteiger partial charge in [0.25, 0.3) is 0 Å². The van der Waals surface area contributed by atoms with E-state index in [1.165, 1.54) is 9.80 Å². The van der Waals surface area contributed by atoms with Crippen molar-refractivity contribution in [3.63, 3.8) is 0 Å². The first-order valence-electron chi connectivity index (χ1n) is 6.40. The Hall–Kier alpha value is -1.95. The summed E-state index contributed by atoms with van der Waals surface area (Å²) in [5.41, 5.74) is 0.702. The zero-order chi connectivity index (χ0) is 13.8. The van der Waals surface area contributed by atoms with Crippen LogP contribution in [0.25, 0.3) is 0 Å². The number of carbonyl (C=O) groups is 1. The molecule has 2 atom stereocenters. The van der Waals surface area contributed by atoms with Gasteiger partial charge in [0, 0.05) is 13.1 Å². The number of urea groups is 1. The van der Waals surface area contributed by atoms with Gasteiger partial charge in [0.05, 0.1) is 5.69 Å². The topological polar surface area (TPSA) is 68.5 Å². The van der Waals surface area contributed by atoms with Crippen molar-refractivity contribution in [2.24, 2.45) is 10.2 Å². The van der Waals surface area contributed by atoms with Gasteiger partial charge < -0.3 is 5.11 Å². The number of carbonyl (C=O) groups excluding carboxylic acids is 1. The summed E-state index contributed by atoms with van der Waals surface area (Å²) >= 11 is 0. The van der Waals surface area contributed by atoms with Crippen molar-refractivity contribution < 1.29 is 9.90 Å². The zero-order valence-electron chi connectivity index (χ0n) is 11.1. The summed E-state index contributed by atoms with van der Waals surface area (Å²) in [6.45, 7) is 4.62. The van der Waals surface area contributed by atoms with E-state index in [4.69, 9.17) is 0 Å². The molecule has 1 aromatic carbocycles. The number of rotatable bonds is 4. The molecule has 0 bridgehead atoms. The maximum absolute atomic E-state index is 12.0. The summed E-state index contributed by atoms with van der Waals surface area (Å²) in [7, 11) is 0. The number of aliphatic hydroxyl groups is 1. The minimum atomic E-state index is -0.940. The van der Waals surface area contributed by atoms with Gasteiger partial charge in [0.15, 0.2) is 12.4 Å². The Kier molecular flexibility index (Phi) is 4.11. The SMILES string of the molecule is CCN1C(=O)N(CC)C(N=Nc2ccccc2)C1O. The number of hydrogen-bond acceptors (Lipinski definition) is 4. The van der Waals surface area contributed by atoms with Gasteiger partial charge in [-0.1, -0.05) is 18.2 Å². The molecule has 0 aromatic heterocycles. The lowest BCUT2D eigenvalue weighted by Crippen LogP contribution is -2.35. The zero-order valence-corrected chi connectivity index (χ0v) is 11.1. The van der Waals surface area contributed by atoms with Gasteiger partial charge in [-0.15, -0.1) is 0 Å². The van der Waals surface area contributed by atoms with E-state index in [2.05, 4.69) is 10.2 Å². The van der Waals surface area contributed by atoms with E-state index in [-0.39, 0.29) is 6.03 Å². The van der Waals surface area contributed by atoms with Crippen LogP contribution >= 0.6 is 0 Å². The van der Waals surface area contributed by atoms with Crippen molar-refractivity contribution in [3.05, 3.63) is 30.3 Å². The molecule has 0 aliphatic carbocycles. The summed E-state index contributed by atoms with van der Waals surface area (Å²) in [4.78, 5) is 14.9. The van der Waals surface area contributed by atoms with Crippen LogP contribution in [0.3, 0.4) is 0 Å². The minimum Gasteiger partial charge on any atom is -0.369 e. The third kappa shape index (κ3) is 2.58. The number of amides is 2. The molecular weight excluding hydrogens is 244 g/mol. The molecule has 1 N–H and O–H groups in total. The Morgan fingerprint density at radius 2 is 1.79 bits per heavy atom. The molecule has 6 heteroatoms. The molecule has 1 aromatic rings. The van der Waals surface area contributed by atoms with Gasteiger partial charge in [-0.3, -0.25) is 9.80 Å². The monoisotopic (exact) mass is 262 g/mol. The highest BCUT2D eigenvalue weighted by molar-refractivity contribution is 5.77. The third-order valence-electron chi connectivity index (χ3n) is 3.13. The maximum atomic E-state index is 12.0. The fourth-order valence-corrected chi connectivity index (χ4v) is 2.10. The number of hydrogen-bond donors (Lipinski definition) is 1. The average molecular weight is 262 g/mol. The van der Waals surface area contributed by atoms with E-state index in [9.17, 15) is 9.90 Å². The Balaban J connectivity index is 2.18. The Bertz CT molecular complexity index is 463. The molecule has 1 heterocycles. The van der Waals surface area contributed by atoms with Crippen molar-refractivity contribution in [1.82, 2.24) is 9.80 Å². The fourth-order valence-electron chi connectivity index (χ4n) is 2.10. The molecular formula is C13H18N4O2. The summed E-state index contributed by atoms with van der Waals surface area (Å²) < 4.78 is 0. The molecule has 19 heavy (non-hydrogen) atoms. The van der Waals surface area contributed by atoms with Crippen LogP contribution in [-0.2, 0) is 0 Å². The molecule has 2 amide bonds. The van der Waals surface area contributed by atoms with Gasteiger partial charge in [-0.05, 0) is 26.0 Å². The van der Waals surface area contributed by atoms with Gasteiger partial charge in [0.2, 0.25) is 0 Å². The standard InChI is InChI=1S/C13H18N4O2/c1-3-16-11(12(18)17(4-2)13(16)19)15-14-10-8-6-5-7-9-10/h5-9,11-12,18H,3-4H2,1-2H3. The molecule has 1 aliphatic heterocycles. The normalized spacial score (nSPS) is 23.6. The predicted molar refractivity (Wildman–Crippen MR) is 70.9 cm³/mol. The van der Waals surface area contributed by atoms with Gasteiger partial charge in [-0.25, -0.2) is 4.79 Å². The Morgan fingerprint density at radius 1 is 1.16 bits per heavy atom. The van der Waals surface area contributed by atoms with E-state index in [1.54, 1.807) is 0 Å². The molecule has 2 rings (SSSR count). The minimum absolute atomic E-state index is 0.200. The number of azo groups is 1. The lowest BCUT2D eigenvalue weighted by Gasteiger charge is -2.17. The lowest BCUT2D eigenvalue weighted by atomic mass is 10.3. The molecule has 1 aliphatic rings. The molecule has 0 spiro atoms. The largest absolute Gasteiger partial charge is 0.369 e. The van der Waals surface area contributed by atoms with Crippen LogP contribution < -0.4 is 0 Å². The first-order chi connectivity index (χ1) is 9.19. The summed E-state index contributed by atoms with van der Waals surface area (Å²) in [5, 5.41) is 18.3. The predicted octanol–water partition coefficient (Wildman–Crippen LogP) is 2.19. The number of aliphatic hydroxyl groups excluding tert-OH is 1. The van der Waals surface area contributed by atoms with E-state index in [0.29, 0.717) is 18.8 Å². The van der Waals surface area contributed by atoms with Crippen molar-refractivity contribution >= 4 is 11.7 Å². The van der Waals surface area contributed by atoms with Crippen LogP contribution in [0.1, 0.15) is 13.8 Å². The molecule has 1 saturated heterocycles. The van der Waals surface area contributed by atoms with Crippen LogP contribution in [0.2, 0.25) is 0 Å². The molecule has 2 unspecified atom stereocenters. The lowest BCUT2D eigenvalue weighted by molar-refractivity contribution is 0.0361. The molecule has 1 fully saturated rings. The summed E-state index contributed by atoms with van der Waals surface area (Å²) in [6, 6.07) is 9.06. The maximum Gasteiger partial charge on any atom is 0.324 e. The first kappa shape index (κ1) is 13.5. The first-order valence-corrected chi connectivity index (χ1v) is 6.40. The summed E-state index contributed by atoms with van der Waals surface area (Å²) in [5.74, 6) is 0. The van der Waals surface area contributed by atoms with Crippen molar-refractivity contribution in [1.29, 1.82) is 0 Å². The van der Waals surface area contributed by atoms with E-state index >= 15 is 0 Å². The molecule has 0 saturated carbocycles. The second-order valence-electron chi connectivity index (χ2n) is 4.23. The highest BCUT2D eigenvalue weighted by atomic mass is 16.3. The van der Waals surface area contributed by atoms with Crippen molar-refractivity contribution in [3.8, 4) is 0 Å². The fraction of sp³-hybridized carbons (Fsp3) is 0.462. The van der Waals surface area contributed by atoms with Crippen LogP contribution in [-0.4, -0.2) is 46.4 Å². The van der Waals surface area contributed by atoms with Crippen LogP contribution in [0, 0.1) is 0 Å². The molecule has 0 radical (unpaired) electrons. The second-order valence-corrected chi connectivity index (χ2v) is 4.23. The molecule has 102 valence electrons. The van der Waals surface area contributed by atoms with E-state index in [1.807, 2.05) is 44.2 Å². The Morgan fingerprint density at radius 3 is 2.37 bits per heavy atom. The number of nitrogens with zero attached hydrogens (tertiary/aromatic N) is 4. The van der Waals surface area contributed by atoms with Crippen LogP contribution in [0.4, 0.5) is 10.5 Å². The highest BCUT2D eigenvalue weighted by Gasteiger charge is 2.43. The van der Waals surface area contributed by atoms with Gasteiger partial charge in [0.1, 0.15) is 0 Å². The van der Waals surface area contributed by atoms with Crippen LogP contribution in [0.15, 0.2) is 40.6 Å². The smallest absolute Gasteiger partial charge is 0.324 e. The van der Waals surface area contributed by atoms with Crippen molar-refractivity contribution in [2.45, 2.75) is 26.2 Å². The van der Waals surface area contributed by atoms with E-state index in [0.717, 1.165) is 0 Å². The summed E-state index contributed by atoms with van der Waals surface area (Å²) in [6.07, 6.45) is -1.58. The van der Waals surface area contributed by atoms with E-state index < -0.39 is 12.4 Å². The van der Waals surface area contributed by atoms with Gasteiger partial charge >= 0.3 is 6.03 Å². The van der Waals surface area contributed by atoms with Crippen molar-refractivity contribution in [2.75, 3.05) is 13.1 Å². The third-order valence-corrected chi connectivity index (χ3v) is 3.13. The Labute approximate surface area is 112 Å². The second kappa shape index (κ2) is 5.79.